The molecule has 190 valence electrons. The van der Waals surface area contributed by atoms with Crippen LogP contribution < -0.4 is 10.1 Å². The lowest BCUT2D eigenvalue weighted by molar-refractivity contribution is 0.0598. The number of carbonyl (C=O) groups excluding carboxylic acids is 1. The third kappa shape index (κ3) is 5.72. The number of amides is 1. The van der Waals surface area contributed by atoms with Crippen LogP contribution in [0.4, 0.5) is 8.78 Å². The summed E-state index contributed by atoms with van der Waals surface area (Å²) in [5.74, 6) is -0.879. The molecule has 1 aromatic heterocycles. The molecule has 1 N–H and O–H groups in total. The van der Waals surface area contributed by atoms with Crippen molar-refractivity contribution in [3.05, 3.63) is 76.5 Å². The molecule has 2 aromatic carbocycles. The summed E-state index contributed by atoms with van der Waals surface area (Å²) in [4.78, 5) is 16.9. The monoisotopic (exact) mass is 515 g/mol. The Bertz CT molecular complexity index is 1220. The summed E-state index contributed by atoms with van der Waals surface area (Å²) in [5, 5.41) is 3.95. The molecule has 0 spiro atoms. The molecule has 1 amide bonds. The van der Waals surface area contributed by atoms with E-state index in [1.807, 2.05) is 18.2 Å². The van der Waals surface area contributed by atoms with Gasteiger partial charge in [0.1, 0.15) is 17.6 Å². The normalized spacial score (nSPS) is 17.4. The van der Waals surface area contributed by atoms with Gasteiger partial charge in [-0.3, -0.25) is 9.69 Å². The van der Waals surface area contributed by atoms with Crippen LogP contribution in [0, 0.1) is 11.6 Å². The number of piperazine rings is 1. The summed E-state index contributed by atoms with van der Waals surface area (Å²) in [6.07, 6.45) is 2.15. The lowest BCUT2D eigenvalue weighted by Gasteiger charge is -2.34. The zero-order valence-electron chi connectivity index (χ0n) is 19.8. The van der Waals surface area contributed by atoms with Gasteiger partial charge in [0.05, 0.1) is 5.02 Å². The lowest BCUT2D eigenvalue weighted by atomic mass is 10.1. The fourth-order valence-electron chi connectivity index (χ4n) is 4.61. The second kappa shape index (κ2) is 11.0. The Balaban J connectivity index is 1.14. The highest BCUT2D eigenvalue weighted by Crippen LogP contribution is 2.29. The molecule has 2 aliphatic rings. The molecule has 2 saturated heterocycles. The van der Waals surface area contributed by atoms with Gasteiger partial charge >= 0.3 is 0 Å². The minimum atomic E-state index is -0.960. The molecule has 0 aliphatic carbocycles. The maximum Gasteiger partial charge on any atom is 0.289 e. The highest BCUT2D eigenvalue weighted by molar-refractivity contribution is 6.32. The second-order valence-corrected chi connectivity index (χ2v) is 9.60. The van der Waals surface area contributed by atoms with Crippen LogP contribution in [0.1, 0.15) is 29.0 Å². The largest absolute Gasteiger partial charge is 0.489 e. The smallest absolute Gasteiger partial charge is 0.289 e. The number of benzene rings is 2. The number of nitrogens with one attached hydrogen (secondary N) is 1. The Labute approximate surface area is 213 Å². The first-order valence-electron chi connectivity index (χ1n) is 12.2. The summed E-state index contributed by atoms with van der Waals surface area (Å²) in [5.41, 5.74) is 1.48. The molecule has 3 aromatic rings. The minimum absolute atomic E-state index is 0.180. The van der Waals surface area contributed by atoms with Gasteiger partial charge in [0, 0.05) is 38.3 Å². The van der Waals surface area contributed by atoms with Gasteiger partial charge in [-0.05, 0) is 74.0 Å². The van der Waals surface area contributed by atoms with Crippen LogP contribution in [0.5, 0.6) is 5.75 Å². The van der Waals surface area contributed by atoms with Gasteiger partial charge in [-0.1, -0.05) is 17.7 Å². The van der Waals surface area contributed by atoms with Crippen LogP contribution >= 0.6 is 11.6 Å². The van der Waals surface area contributed by atoms with Crippen molar-refractivity contribution in [2.45, 2.75) is 25.5 Å². The number of hydrogen-bond acceptors (Lipinski definition) is 5. The maximum atomic E-state index is 13.5. The fourth-order valence-corrected chi connectivity index (χ4v) is 4.86. The number of halogens is 3. The number of hydrogen-bond donors (Lipinski definition) is 1. The third-order valence-electron chi connectivity index (χ3n) is 6.66. The van der Waals surface area contributed by atoms with Crippen molar-refractivity contribution in [3.8, 4) is 17.1 Å². The van der Waals surface area contributed by atoms with Gasteiger partial charge in [-0.25, -0.2) is 8.78 Å². The van der Waals surface area contributed by atoms with E-state index < -0.39 is 11.6 Å². The van der Waals surface area contributed by atoms with E-state index in [0.717, 1.165) is 55.9 Å². The van der Waals surface area contributed by atoms with Crippen molar-refractivity contribution in [1.82, 2.24) is 15.1 Å². The third-order valence-corrected chi connectivity index (χ3v) is 6.96. The highest BCUT2D eigenvalue weighted by atomic mass is 35.5. The Hall–Kier alpha value is -2.94. The number of ether oxygens (including phenoxy) is 1. The quantitative estimate of drug-likeness (QED) is 0.502. The van der Waals surface area contributed by atoms with Crippen molar-refractivity contribution in [2.75, 3.05) is 39.3 Å². The molecule has 36 heavy (non-hydrogen) atoms. The van der Waals surface area contributed by atoms with Crippen molar-refractivity contribution in [3.63, 3.8) is 0 Å². The number of nitrogens with zero attached hydrogens (tertiary/aromatic N) is 2. The van der Waals surface area contributed by atoms with Gasteiger partial charge in [0.25, 0.3) is 5.91 Å². The topological polar surface area (TPSA) is 58.0 Å². The zero-order valence-corrected chi connectivity index (χ0v) is 20.6. The molecule has 6 nitrogen and oxygen atoms in total. The standard InChI is InChI=1S/C27H28ClF2N3O3/c28-21-15-18(1-4-25(21)35-20-7-9-31-10-8-20)17-32-11-13-33(14-12-32)27(34)26-6-5-24(36-26)19-2-3-22(29)23(30)16-19/h1-6,15-16,20,31H,7-14,17H2. The Morgan fingerprint density at radius 2 is 1.78 bits per heavy atom. The molecule has 2 fully saturated rings. The van der Waals surface area contributed by atoms with Crippen molar-refractivity contribution in [1.29, 1.82) is 0 Å². The van der Waals surface area contributed by atoms with E-state index in [0.29, 0.717) is 42.5 Å². The molecule has 9 heteroatoms. The molecule has 0 atom stereocenters. The van der Waals surface area contributed by atoms with E-state index in [1.165, 1.54) is 6.07 Å². The van der Waals surface area contributed by atoms with Crippen LogP contribution in [0.3, 0.4) is 0 Å². The molecule has 0 radical (unpaired) electrons. The SMILES string of the molecule is O=C(c1ccc(-c2ccc(F)c(F)c2)o1)N1CCN(Cc2ccc(OC3CCNCC3)c(Cl)c2)CC1. The predicted molar refractivity (Wildman–Crippen MR) is 133 cm³/mol. The number of furan rings is 1. The molecule has 0 bridgehead atoms. The molecular weight excluding hydrogens is 488 g/mol. The zero-order chi connectivity index (χ0) is 25.1. The van der Waals surface area contributed by atoms with Crippen LogP contribution in [-0.4, -0.2) is 61.1 Å². The summed E-state index contributed by atoms with van der Waals surface area (Å²) in [6.45, 7) is 5.21. The summed E-state index contributed by atoms with van der Waals surface area (Å²) >= 11 is 6.50. The molecule has 0 unspecified atom stereocenters. The summed E-state index contributed by atoms with van der Waals surface area (Å²) < 4.78 is 38.5. The van der Waals surface area contributed by atoms with Crippen molar-refractivity contribution in [2.24, 2.45) is 0 Å². The number of piperidine rings is 1. The van der Waals surface area contributed by atoms with E-state index in [2.05, 4.69) is 10.2 Å². The van der Waals surface area contributed by atoms with Crippen LogP contribution in [0.25, 0.3) is 11.3 Å². The van der Waals surface area contributed by atoms with Crippen LogP contribution in [0.2, 0.25) is 5.02 Å². The van der Waals surface area contributed by atoms with Gasteiger partial charge in [0.2, 0.25) is 0 Å². The van der Waals surface area contributed by atoms with Crippen molar-refractivity contribution >= 4 is 17.5 Å². The van der Waals surface area contributed by atoms with Gasteiger partial charge in [-0.2, -0.15) is 0 Å². The Morgan fingerprint density at radius 3 is 2.50 bits per heavy atom. The maximum absolute atomic E-state index is 13.5. The Kier molecular flexibility index (Phi) is 7.55. The average Bonchev–Trinajstić information content (AvgIpc) is 3.38. The Morgan fingerprint density at radius 1 is 1.00 bits per heavy atom. The summed E-state index contributed by atoms with van der Waals surface area (Å²) in [6, 6.07) is 12.6. The highest BCUT2D eigenvalue weighted by Gasteiger charge is 2.25. The summed E-state index contributed by atoms with van der Waals surface area (Å²) in [7, 11) is 0. The molecular formula is C27H28ClF2N3O3. The predicted octanol–water partition coefficient (Wildman–Crippen LogP) is 4.97. The first-order chi connectivity index (χ1) is 17.5. The van der Waals surface area contributed by atoms with E-state index >= 15 is 0 Å². The molecule has 5 rings (SSSR count). The average molecular weight is 516 g/mol. The fraction of sp³-hybridized carbons (Fsp3) is 0.370. The number of rotatable bonds is 6. The van der Waals surface area contributed by atoms with Gasteiger partial charge < -0.3 is 19.4 Å². The van der Waals surface area contributed by atoms with E-state index in [4.69, 9.17) is 20.8 Å². The minimum Gasteiger partial charge on any atom is -0.489 e. The second-order valence-electron chi connectivity index (χ2n) is 9.19. The van der Waals surface area contributed by atoms with Gasteiger partial charge in [-0.15, -0.1) is 0 Å². The number of carbonyl (C=O) groups is 1. The first kappa shape index (κ1) is 24.7. The first-order valence-corrected chi connectivity index (χ1v) is 12.6. The molecule has 0 saturated carbocycles. The van der Waals surface area contributed by atoms with Crippen molar-refractivity contribution < 1.29 is 22.7 Å². The van der Waals surface area contributed by atoms with Crippen LogP contribution in [-0.2, 0) is 6.54 Å². The molecule has 2 aliphatic heterocycles. The van der Waals surface area contributed by atoms with E-state index in [-0.39, 0.29) is 17.8 Å². The lowest BCUT2D eigenvalue weighted by Crippen LogP contribution is -2.48. The van der Waals surface area contributed by atoms with Gasteiger partial charge in [0.15, 0.2) is 17.4 Å². The van der Waals surface area contributed by atoms with E-state index in [1.54, 1.807) is 17.0 Å². The van der Waals surface area contributed by atoms with E-state index in [9.17, 15) is 13.6 Å². The molecule has 3 heterocycles. The van der Waals surface area contributed by atoms with Crippen LogP contribution in [0.15, 0.2) is 52.9 Å².